The van der Waals surface area contributed by atoms with E-state index in [0.29, 0.717) is 0 Å². The summed E-state index contributed by atoms with van der Waals surface area (Å²) in [6.45, 7) is 0.0161. The van der Waals surface area contributed by atoms with Gasteiger partial charge in [0.1, 0.15) is 4.90 Å². The van der Waals surface area contributed by atoms with Crippen LogP contribution in [0.1, 0.15) is 10.4 Å². The molecule has 1 aromatic carbocycles. The molecule has 0 aliphatic rings. The Morgan fingerprint density at radius 3 is 2.62 bits per heavy atom. The Labute approximate surface area is 125 Å². The van der Waals surface area contributed by atoms with E-state index in [1.165, 1.54) is 18.4 Å². The third-order valence-electron chi connectivity index (χ3n) is 2.94. The number of hydrogen-bond donors (Lipinski definition) is 1. The van der Waals surface area contributed by atoms with Gasteiger partial charge in [-0.15, -0.1) is 11.3 Å². The molecular weight excluding hydrogens is 318 g/mol. The maximum atomic E-state index is 13.8. The van der Waals surface area contributed by atoms with E-state index in [4.69, 9.17) is 5.73 Å². The van der Waals surface area contributed by atoms with Gasteiger partial charge < -0.3 is 5.73 Å². The molecule has 2 rings (SSSR count). The Kier molecular flexibility index (Phi) is 4.72. The summed E-state index contributed by atoms with van der Waals surface area (Å²) in [6, 6.07) is 5.52. The zero-order valence-electron chi connectivity index (χ0n) is 11.2. The molecule has 0 atom stereocenters. The number of rotatable bonds is 5. The number of hydrogen-bond acceptors (Lipinski definition) is 4. The van der Waals surface area contributed by atoms with E-state index < -0.39 is 26.6 Å². The Bertz CT molecular complexity index is 731. The van der Waals surface area contributed by atoms with Crippen molar-refractivity contribution in [2.45, 2.75) is 18.0 Å². The molecule has 0 saturated carbocycles. The number of halogens is 2. The van der Waals surface area contributed by atoms with Gasteiger partial charge in [0.05, 0.1) is 0 Å². The van der Waals surface area contributed by atoms with Gasteiger partial charge in [-0.25, -0.2) is 17.2 Å². The molecular formula is C13H14F2N2O2S2. The minimum absolute atomic E-state index is 0.0750. The lowest BCUT2D eigenvalue weighted by Crippen LogP contribution is -2.27. The van der Waals surface area contributed by atoms with Crippen molar-refractivity contribution < 1.29 is 17.2 Å². The van der Waals surface area contributed by atoms with E-state index in [1.807, 2.05) is 5.38 Å². The van der Waals surface area contributed by atoms with Crippen molar-refractivity contribution in [1.29, 1.82) is 0 Å². The molecule has 0 saturated heterocycles. The summed E-state index contributed by atoms with van der Waals surface area (Å²) in [5.41, 5.74) is 5.59. The Morgan fingerprint density at radius 1 is 1.33 bits per heavy atom. The van der Waals surface area contributed by atoms with E-state index in [-0.39, 0.29) is 18.7 Å². The standard InChI is InChI=1S/C13H14F2N2O2S2/c1-17(8-10-3-2-4-20-10)21(18,19)12-6-9(7-16)5-11(14)13(12)15/h2-6H,7-8,16H2,1H3. The fourth-order valence-corrected chi connectivity index (χ4v) is 3.91. The van der Waals surface area contributed by atoms with Crippen LogP contribution in [0, 0.1) is 11.6 Å². The highest BCUT2D eigenvalue weighted by Crippen LogP contribution is 2.24. The number of sulfonamides is 1. The molecule has 0 unspecified atom stereocenters. The van der Waals surface area contributed by atoms with Crippen LogP contribution in [0.15, 0.2) is 34.5 Å². The number of nitrogens with two attached hydrogens (primary N) is 1. The molecule has 0 aliphatic carbocycles. The molecule has 1 aromatic heterocycles. The molecule has 21 heavy (non-hydrogen) atoms. The van der Waals surface area contributed by atoms with E-state index in [0.717, 1.165) is 21.3 Å². The van der Waals surface area contributed by atoms with Gasteiger partial charge in [0, 0.05) is 25.0 Å². The predicted molar refractivity (Wildman–Crippen MR) is 77.2 cm³/mol. The summed E-state index contributed by atoms with van der Waals surface area (Å²) in [7, 11) is -2.81. The Morgan fingerprint density at radius 2 is 2.05 bits per heavy atom. The maximum Gasteiger partial charge on any atom is 0.246 e. The lowest BCUT2D eigenvalue weighted by Gasteiger charge is -2.17. The van der Waals surface area contributed by atoms with Crippen molar-refractivity contribution in [2.24, 2.45) is 5.73 Å². The molecule has 114 valence electrons. The molecule has 0 radical (unpaired) electrons. The van der Waals surface area contributed by atoms with Gasteiger partial charge in [-0.05, 0) is 29.1 Å². The Balaban J connectivity index is 2.41. The van der Waals surface area contributed by atoms with Gasteiger partial charge >= 0.3 is 0 Å². The van der Waals surface area contributed by atoms with Gasteiger partial charge in [0.15, 0.2) is 11.6 Å². The summed E-state index contributed by atoms with van der Waals surface area (Å²) in [5.74, 6) is -2.61. The fraction of sp³-hybridized carbons (Fsp3) is 0.231. The maximum absolute atomic E-state index is 13.8. The van der Waals surface area contributed by atoms with Crippen molar-refractivity contribution in [1.82, 2.24) is 4.31 Å². The largest absolute Gasteiger partial charge is 0.326 e. The molecule has 0 amide bonds. The van der Waals surface area contributed by atoms with Crippen molar-refractivity contribution >= 4 is 21.4 Å². The third-order valence-corrected chi connectivity index (χ3v) is 5.60. The first kappa shape index (κ1) is 16.0. The summed E-state index contributed by atoms with van der Waals surface area (Å²) in [6.07, 6.45) is 0. The van der Waals surface area contributed by atoms with Gasteiger partial charge in [-0.2, -0.15) is 4.31 Å². The van der Waals surface area contributed by atoms with E-state index >= 15 is 0 Å². The lowest BCUT2D eigenvalue weighted by atomic mass is 10.2. The second-order valence-electron chi connectivity index (χ2n) is 4.43. The van der Waals surface area contributed by atoms with Crippen LogP contribution >= 0.6 is 11.3 Å². The Hall–Kier alpha value is -1.35. The second-order valence-corrected chi connectivity index (χ2v) is 7.48. The van der Waals surface area contributed by atoms with Gasteiger partial charge in [0.25, 0.3) is 0 Å². The molecule has 8 heteroatoms. The molecule has 0 spiro atoms. The average molecular weight is 332 g/mol. The summed E-state index contributed by atoms with van der Waals surface area (Å²) < 4.78 is 53.1. The van der Waals surface area contributed by atoms with Crippen molar-refractivity contribution in [3.63, 3.8) is 0 Å². The third kappa shape index (κ3) is 3.29. The molecule has 2 N–H and O–H groups in total. The fourth-order valence-electron chi connectivity index (χ4n) is 1.80. The topological polar surface area (TPSA) is 63.4 Å². The van der Waals surface area contributed by atoms with E-state index in [1.54, 1.807) is 12.1 Å². The minimum Gasteiger partial charge on any atom is -0.326 e. The van der Waals surface area contributed by atoms with Crippen molar-refractivity contribution in [2.75, 3.05) is 7.05 Å². The number of thiophene rings is 1. The summed E-state index contributed by atoms with van der Waals surface area (Å²) >= 11 is 1.38. The van der Waals surface area contributed by atoms with Crippen LogP contribution in [-0.2, 0) is 23.1 Å². The summed E-state index contributed by atoms with van der Waals surface area (Å²) in [5, 5.41) is 1.81. The first-order chi connectivity index (χ1) is 9.86. The van der Waals surface area contributed by atoms with E-state index in [9.17, 15) is 17.2 Å². The van der Waals surface area contributed by atoms with Crippen LogP contribution in [0.3, 0.4) is 0 Å². The van der Waals surface area contributed by atoms with Gasteiger partial charge in [0.2, 0.25) is 10.0 Å². The average Bonchev–Trinajstić information content (AvgIpc) is 2.94. The highest BCUT2D eigenvalue weighted by molar-refractivity contribution is 7.89. The number of nitrogens with zero attached hydrogens (tertiary/aromatic N) is 1. The molecule has 0 bridgehead atoms. The molecule has 0 fully saturated rings. The highest BCUT2D eigenvalue weighted by atomic mass is 32.2. The highest BCUT2D eigenvalue weighted by Gasteiger charge is 2.27. The van der Waals surface area contributed by atoms with Crippen LogP contribution in [0.2, 0.25) is 0 Å². The van der Waals surface area contributed by atoms with Crippen LogP contribution in [-0.4, -0.2) is 19.8 Å². The molecule has 1 heterocycles. The van der Waals surface area contributed by atoms with Crippen LogP contribution in [0.4, 0.5) is 8.78 Å². The van der Waals surface area contributed by atoms with Crippen LogP contribution < -0.4 is 5.73 Å². The quantitative estimate of drug-likeness (QED) is 0.914. The predicted octanol–water partition coefficient (Wildman–Crippen LogP) is 2.31. The number of benzene rings is 1. The molecule has 0 aliphatic heterocycles. The minimum atomic E-state index is -4.13. The van der Waals surface area contributed by atoms with Gasteiger partial charge in [-0.1, -0.05) is 6.07 Å². The lowest BCUT2D eigenvalue weighted by molar-refractivity contribution is 0.448. The van der Waals surface area contributed by atoms with Gasteiger partial charge in [-0.3, -0.25) is 0 Å². The second kappa shape index (κ2) is 6.18. The monoisotopic (exact) mass is 332 g/mol. The first-order valence-corrected chi connectivity index (χ1v) is 8.35. The molecule has 2 aromatic rings. The van der Waals surface area contributed by atoms with Crippen LogP contribution in [0.25, 0.3) is 0 Å². The van der Waals surface area contributed by atoms with Crippen LogP contribution in [0.5, 0.6) is 0 Å². The SMILES string of the molecule is CN(Cc1cccs1)S(=O)(=O)c1cc(CN)cc(F)c1F. The van der Waals surface area contributed by atoms with Crippen molar-refractivity contribution in [3.05, 3.63) is 51.7 Å². The normalized spacial score (nSPS) is 12.0. The zero-order chi connectivity index (χ0) is 15.6. The van der Waals surface area contributed by atoms with Crippen molar-refractivity contribution in [3.8, 4) is 0 Å². The first-order valence-electron chi connectivity index (χ1n) is 6.03. The molecule has 4 nitrogen and oxygen atoms in total. The summed E-state index contributed by atoms with van der Waals surface area (Å²) in [4.78, 5) is 0.110. The zero-order valence-corrected chi connectivity index (χ0v) is 12.8. The smallest absolute Gasteiger partial charge is 0.246 e. The van der Waals surface area contributed by atoms with E-state index in [2.05, 4.69) is 0 Å².